The summed E-state index contributed by atoms with van der Waals surface area (Å²) in [6, 6.07) is 7.03. The van der Waals surface area contributed by atoms with E-state index in [1.807, 2.05) is 0 Å². The summed E-state index contributed by atoms with van der Waals surface area (Å²) in [5, 5.41) is 5.59. The van der Waals surface area contributed by atoms with Crippen LogP contribution in [0.15, 0.2) is 24.3 Å². The fraction of sp³-hybridized carbons (Fsp3) is 0.556. The summed E-state index contributed by atoms with van der Waals surface area (Å²) in [6.07, 6.45) is 0.422. The number of nitrogens with two attached hydrogens (primary N) is 1. The van der Waals surface area contributed by atoms with E-state index in [0.717, 1.165) is 39.3 Å². The van der Waals surface area contributed by atoms with Gasteiger partial charge in [-0.3, -0.25) is 9.59 Å². The van der Waals surface area contributed by atoms with Crippen molar-refractivity contribution in [2.24, 2.45) is 5.73 Å². The molecule has 0 unspecified atom stereocenters. The molecule has 1 fully saturated rings. The average Bonchev–Trinajstić information content (AvgIpc) is 2.65. The third-order valence-electron chi connectivity index (χ3n) is 4.44. The summed E-state index contributed by atoms with van der Waals surface area (Å²) in [5.74, 6) is -0.297. The number of halogens is 2. The minimum atomic E-state index is -0.225. The summed E-state index contributed by atoms with van der Waals surface area (Å²) in [4.78, 5) is 29.1. The van der Waals surface area contributed by atoms with Crippen LogP contribution in [0.3, 0.4) is 0 Å². The average molecular weight is 420 g/mol. The van der Waals surface area contributed by atoms with Gasteiger partial charge in [0.2, 0.25) is 5.91 Å². The largest absolute Gasteiger partial charge is 0.351 e. The minimum Gasteiger partial charge on any atom is -0.351 e. The summed E-state index contributed by atoms with van der Waals surface area (Å²) in [5.41, 5.74) is 6.41. The van der Waals surface area contributed by atoms with Crippen LogP contribution in [0, 0.1) is 0 Å². The number of likely N-dealkylation sites (N-methyl/N-ethyl adjacent to an activating group) is 1. The van der Waals surface area contributed by atoms with E-state index >= 15 is 0 Å². The van der Waals surface area contributed by atoms with Gasteiger partial charge in [0, 0.05) is 52.2 Å². The zero-order valence-electron chi connectivity index (χ0n) is 15.8. The highest BCUT2D eigenvalue weighted by molar-refractivity contribution is 6.03. The van der Waals surface area contributed by atoms with Crippen LogP contribution >= 0.6 is 24.8 Å². The first-order valence-electron chi connectivity index (χ1n) is 8.96. The Hall–Kier alpha value is -1.38. The van der Waals surface area contributed by atoms with Gasteiger partial charge in [0.1, 0.15) is 0 Å². The van der Waals surface area contributed by atoms with Crippen molar-refractivity contribution in [3.8, 4) is 0 Å². The summed E-state index contributed by atoms with van der Waals surface area (Å²) in [6.45, 7) is 8.89. The molecule has 1 saturated heterocycles. The van der Waals surface area contributed by atoms with Gasteiger partial charge in [-0.2, -0.15) is 0 Å². The number of nitrogens with one attached hydrogen (secondary N) is 2. The molecule has 2 rings (SSSR count). The molecule has 1 aliphatic rings. The van der Waals surface area contributed by atoms with Gasteiger partial charge in [-0.15, -0.1) is 24.8 Å². The van der Waals surface area contributed by atoms with Crippen molar-refractivity contribution >= 4 is 42.3 Å². The van der Waals surface area contributed by atoms with Crippen LogP contribution in [0.5, 0.6) is 0 Å². The second-order valence-corrected chi connectivity index (χ2v) is 6.16. The van der Waals surface area contributed by atoms with Gasteiger partial charge >= 0.3 is 0 Å². The molecule has 1 aromatic carbocycles. The summed E-state index contributed by atoms with van der Waals surface area (Å²) < 4.78 is 0. The molecule has 0 saturated carbocycles. The first-order chi connectivity index (χ1) is 12.1. The Morgan fingerprint density at radius 1 is 1.07 bits per heavy atom. The minimum absolute atomic E-state index is 0. The number of hydrogen-bond acceptors (Lipinski definition) is 5. The highest BCUT2D eigenvalue weighted by Crippen LogP contribution is 2.15. The van der Waals surface area contributed by atoms with Gasteiger partial charge in [0.05, 0.1) is 11.3 Å². The fourth-order valence-electron chi connectivity index (χ4n) is 2.87. The Bertz CT molecular complexity index is 581. The van der Waals surface area contributed by atoms with E-state index < -0.39 is 0 Å². The quantitative estimate of drug-likeness (QED) is 0.588. The van der Waals surface area contributed by atoms with Crippen LogP contribution in [0.1, 0.15) is 23.7 Å². The van der Waals surface area contributed by atoms with E-state index in [4.69, 9.17) is 5.73 Å². The molecule has 0 aliphatic carbocycles. The number of amides is 2. The van der Waals surface area contributed by atoms with E-state index in [0.29, 0.717) is 30.8 Å². The maximum atomic E-state index is 12.3. The normalized spacial score (nSPS) is 14.6. The standard InChI is InChI=1S/C18H29N5O2.2ClH/c1-2-22-11-13-23(14-12-22)10-7-17(24)21-16-6-4-3-5-15(16)18(25)20-9-8-19;;/h3-6H,2,7-14,19H2,1H3,(H,20,25)(H,21,24);2*1H. The van der Waals surface area contributed by atoms with E-state index in [-0.39, 0.29) is 36.6 Å². The predicted octanol–water partition coefficient (Wildman–Crippen LogP) is 1.18. The van der Waals surface area contributed by atoms with E-state index in [1.165, 1.54) is 0 Å². The molecule has 1 heterocycles. The topological polar surface area (TPSA) is 90.7 Å². The Morgan fingerprint density at radius 3 is 2.33 bits per heavy atom. The van der Waals surface area contributed by atoms with Crippen molar-refractivity contribution in [3.05, 3.63) is 29.8 Å². The summed E-state index contributed by atoms with van der Waals surface area (Å²) in [7, 11) is 0. The van der Waals surface area contributed by atoms with Crippen molar-refractivity contribution in [2.45, 2.75) is 13.3 Å². The molecular weight excluding hydrogens is 389 g/mol. The highest BCUT2D eigenvalue weighted by Gasteiger charge is 2.17. The lowest BCUT2D eigenvalue weighted by Gasteiger charge is -2.33. The Kier molecular flexibility index (Phi) is 13.0. The second kappa shape index (κ2) is 13.7. The first kappa shape index (κ1) is 25.6. The zero-order valence-corrected chi connectivity index (χ0v) is 17.4. The molecule has 27 heavy (non-hydrogen) atoms. The van der Waals surface area contributed by atoms with E-state index in [2.05, 4.69) is 27.4 Å². The van der Waals surface area contributed by atoms with Crippen molar-refractivity contribution in [1.29, 1.82) is 0 Å². The molecule has 4 N–H and O–H groups in total. The molecule has 0 bridgehead atoms. The van der Waals surface area contributed by atoms with Gasteiger partial charge in [0.15, 0.2) is 0 Å². The predicted molar refractivity (Wildman–Crippen MR) is 114 cm³/mol. The molecule has 154 valence electrons. The van der Waals surface area contributed by atoms with Crippen molar-refractivity contribution in [3.63, 3.8) is 0 Å². The maximum absolute atomic E-state index is 12.3. The van der Waals surface area contributed by atoms with Gasteiger partial charge in [0.25, 0.3) is 5.91 Å². The smallest absolute Gasteiger partial charge is 0.253 e. The van der Waals surface area contributed by atoms with Crippen molar-refractivity contribution < 1.29 is 9.59 Å². The lowest BCUT2D eigenvalue weighted by molar-refractivity contribution is -0.116. The Balaban J connectivity index is 0.00000338. The lowest BCUT2D eigenvalue weighted by atomic mass is 10.1. The van der Waals surface area contributed by atoms with Crippen LogP contribution in [0.25, 0.3) is 0 Å². The molecule has 0 atom stereocenters. The number of anilines is 1. The number of benzene rings is 1. The SMILES string of the molecule is CCN1CCN(CCC(=O)Nc2ccccc2C(=O)NCCN)CC1.Cl.Cl. The molecule has 0 radical (unpaired) electrons. The fourth-order valence-corrected chi connectivity index (χ4v) is 2.87. The molecule has 0 aromatic heterocycles. The zero-order chi connectivity index (χ0) is 18.1. The molecule has 1 aliphatic heterocycles. The monoisotopic (exact) mass is 419 g/mol. The number of rotatable bonds is 8. The molecule has 2 amide bonds. The van der Waals surface area contributed by atoms with Gasteiger partial charge in [-0.1, -0.05) is 19.1 Å². The maximum Gasteiger partial charge on any atom is 0.253 e. The molecule has 9 heteroatoms. The Labute approximate surface area is 173 Å². The number of piperazine rings is 1. The first-order valence-corrected chi connectivity index (χ1v) is 8.96. The lowest BCUT2D eigenvalue weighted by Crippen LogP contribution is -2.46. The number of para-hydroxylation sites is 1. The number of carbonyl (C=O) groups is 2. The van der Waals surface area contributed by atoms with Gasteiger partial charge in [-0.25, -0.2) is 0 Å². The third-order valence-corrected chi connectivity index (χ3v) is 4.44. The van der Waals surface area contributed by atoms with Crippen LogP contribution in [0.2, 0.25) is 0 Å². The molecule has 1 aromatic rings. The van der Waals surface area contributed by atoms with Gasteiger partial charge < -0.3 is 26.2 Å². The Morgan fingerprint density at radius 2 is 1.70 bits per heavy atom. The van der Waals surface area contributed by atoms with Crippen LogP contribution in [-0.4, -0.2) is 74.0 Å². The number of nitrogens with zero attached hydrogens (tertiary/aromatic N) is 2. The van der Waals surface area contributed by atoms with Gasteiger partial charge in [-0.05, 0) is 18.7 Å². The third kappa shape index (κ3) is 8.45. The molecule has 7 nitrogen and oxygen atoms in total. The summed E-state index contributed by atoms with van der Waals surface area (Å²) >= 11 is 0. The van der Waals surface area contributed by atoms with E-state index in [1.54, 1.807) is 24.3 Å². The van der Waals surface area contributed by atoms with Crippen LogP contribution in [0.4, 0.5) is 5.69 Å². The second-order valence-electron chi connectivity index (χ2n) is 6.16. The van der Waals surface area contributed by atoms with Crippen LogP contribution in [-0.2, 0) is 4.79 Å². The van der Waals surface area contributed by atoms with E-state index in [9.17, 15) is 9.59 Å². The number of hydrogen-bond donors (Lipinski definition) is 3. The molecule has 0 spiro atoms. The van der Waals surface area contributed by atoms with Crippen molar-refractivity contribution in [1.82, 2.24) is 15.1 Å². The molecular formula is C18H31Cl2N5O2. The highest BCUT2D eigenvalue weighted by atomic mass is 35.5. The van der Waals surface area contributed by atoms with Crippen molar-refractivity contribution in [2.75, 3.05) is 57.7 Å². The van der Waals surface area contributed by atoms with Crippen LogP contribution < -0.4 is 16.4 Å². The number of carbonyl (C=O) groups excluding carboxylic acids is 2.